The molecular weight excluding hydrogens is 489 g/mol. The fraction of sp³-hybridized carbons (Fsp3) is 0.423. The molecule has 2 aromatic rings. The third-order valence-electron chi connectivity index (χ3n) is 6.50. The first-order valence-corrected chi connectivity index (χ1v) is 14.4. The van der Waals surface area contributed by atoms with E-state index in [1.165, 1.54) is 23.9 Å². The van der Waals surface area contributed by atoms with Crippen LogP contribution < -0.4 is 10.3 Å². The van der Waals surface area contributed by atoms with Crippen LogP contribution >= 0.6 is 11.8 Å². The molecule has 35 heavy (non-hydrogen) atoms. The molecule has 2 aliphatic carbocycles. The molecule has 9 heteroatoms. The van der Waals surface area contributed by atoms with Crippen LogP contribution in [0.3, 0.4) is 0 Å². The highest BCUT2D eigenvalue weighted by atomic mass is 32.2. The van der Waals surface area contributed by atoms with Crippen LogP contribution in [0.4, 0.5) is 4.39 Å². The van der Waals surface area contributed by atoms with Gasteiger partial charge in [-0.2, -0.15) is 0 Å². The Morgan fingerprint density at radius 3 is 2.54 bits per heavy atom. The standard InChI is InChI=1S/C26H30FNO5S2/c1-2-7-22(34-16-28-35(31,32)19-14-12-18(27)13-15-19)23(17-10-11-17)24-25(29)20-8-5-3-4-6-9-21(20)33-26(24)30/h2,7,12-15,17,23,28-29H,1,3-6,8-11,16H2/b22-7-. The van der Waals surface area contributed by atoms with Gasteiger partial charge in [-0.15, -0.1) is 11.8 Å². The zero-order valence-electron chi connectivity index (χ0n) is 19.5. The summed E-state index contributed by atoms with van der Waals surface area (Å²) in [4.78, 5) is 13.8. The van der Waals surface area contributed by atoms with Gasteiger partial charge in [-0.25, -0.2) is 22.3 Å². The maximum Gasteiger partial charge on any atom is 0.343 e. The zero-order chi connectivity index (χ0) is 25.0. The number of aryl methyl sites for hydroxylation is 1. The highest BCUT2D eigenvalue weighted by Gasteiger charge is 2.39. The van der Waals surface area contributed by atoms with Crippen molar-refractivity contribution in [3.05, 3.63) is 81.0 Å². The molecule has 1 fully saturated rings. The molecule has 1 atom stereocenters. The van der Waals surface area contributed by atoms with E-state index in [4.69, 9.17) is 4.42 Å². The molecule has 0 bridgehead atoms. The highest BCUT2D eigenvalue weighted by Crippen LogP contribution is 2.51. The average molecular weight is 520 g/mol. The quantitative estimate of drug-likeness (QED) is 0.341. The molecule has 4 rings (SSSR count). The Labute approximate surface area is 209 Å². The van der Waals surface area contributed by atoms with Gasteiger partial charge in [0.25, 0.3) is 0 Å². The lowest BCUT2D eigenvalue weighted by molar-refractivity contribution is 0.382. The fourth-order valence-corrected chi connectivity index (χ4v) is 6.95. The van der Waals surface area contributed by atoms with E-state index >= 15 is 0 Å². The first-order chi connectivity index (χ1) is 16.8. The third-order valence-corrected chi connectivity index (χ3v) is 9.11. The smallest absolute Gasteiger partial charge is 0.343 e. The van der Waals surface area contributed by atoms with Gasteiger partial charge in [0, 0.05) is 17.9 Å². The van der Waals surface area contributed by atoms with Gasteiger partial charge >= 0.3 is 5.63 Å². The molecule has 1 aromatic heterocycles. The number of benzene rings is 1. The SMILES string of the molecule is C=C/C=C(\SCNS(=O)(=O)c1ccc(F)cc1)C(c1c(O)c2c(oc1=O)CCCCCC2)C1CC1. The van der Waals surface area contributed by atoms with Crippen molar-refractivity contribution in [1.82, 2.24) is 4.72 Å². The minimum Gasteiger partial charge on any atom is -0.507 e. The lowest BCUT2D eigenvalue weighted by Crippen LogP contribution is -2.24. The maximum atomic E-state index is 13.2. The number of rotatable bonds is 9. The molecule has 0 radical (unpaired) electrons. The third kappa shape index (κ3) is 6.08. The van der Waals surface area contributed by atoms with Crippen LogP contribution in [0.5, 0.6) is 5.75 Å². The molecule has 0 saturated heterocycles. The Morgan fingerprint density at radius 2 is 1.89 bits per heavy atom. The predicted molar refractivity (Wildman–Crippen MR) is 135 cm³/mol. The topological polar surface area (TPSA) is 96.6 Å². The molecule has 1 saturated carbocycles. The summed E-state index contributed by atoms with van der Waals surface area (Å²) >= 11 is 1.24. The predicted octanol–water partition coefficient (Wildman–Crippen LogP) is 5.38. The Hall–Kier alpha value is -2.36. The van der Waals surface area contributed by atoms with Crippen LogP contribution in [0.2, 0.25) is 0 Å². The van der Waals surface area contributed by atoms with Gasteiger partial charge in [0.05, 0.1) is 16.3 Å². The number of nitrogens with one attached hydrogen (secondary N) is 1. The molecule has 1 unspecified atom stereocenters. The Balaban J connectivity index is 1.60. The minimum absolute atomic E-state index is 0.000358. The number of hydrogen-bond donors (Lipinski definition) is 2. The van der Waals surface area contributed by atoms with Gasteiger partial charge in [-0.3, -0.25) is 0 Å². The lowest BCUT2D eigenvalue weighted by Gasteiger charge is -2.23. The van der Waals surface area contributed by atoms with Crippen LogP contribution in [0.1, 0.15) is 61.3 Å². The van der Waals surface area contributed by atoms with Gasteiger partial charge in [-0.05, 0) is 67.2 Å². The van der Waals surface area contributed by atoms with Gasteiger partial charge in [0.2, 0.25) is 10.0 Å². The second kappa shape index (κ2) is 11.1. The molecule has 0 aliphatic heterocycles. The summed E-state index contributed by atoms with van der Waals surface area (Å²) in [5, 5.41) is 11.3. The van der Waals surface area contributed by atoms with Crippen molar-refractivity contribution < 1.29 is 22.3 Å². The second-order valence-electron chi connectivity index (χ2n) is 8.98. The normalized spacial score (nSPS) is 17.8. The number of aromatic hydroxyl groups is 1. The van der Waals surface area contributed by atoms with E-state index in [-0.39, 0.29) is 28.0 Å². The first-order valence-electron chi connectivity index (χ1n) is 11.9. The summed E-state index contributed by atoms with van der Waals surface area (Å²) in [6.45, 7) is 3.78. The van der Waals surface area contributed by atoms with Crippen molar-refractivity contribution in [2.75, 3.05) is 5.88 Å². The van der Waals surface area contributed by atoms with Crippen molar-refractivity contribution >= 4 is 21.8 Å². The molecule has 188 valence electrons. The van der Waals surface area contributed by atoms with Crippen LogP contribution in [0, 0.1) is 11.7 Å². The number of halogens is 1. The summed E-state index contributed by atoms with van der Waals surface area (Å²) in [6.07, 6.45) is 10.5. The van der Waals surface area contributed by atoms with Crippen molar-refractivity contribution in [3.63, 3.8) is 0 Å². The molecule has 2 N–H and O–H groups in total. The van der Waals surface area contributed by atoms with Crippen molar-refractivity contribution in [1.29, 1.82) is 0 Å². The Morgan fingerprint density at radius 1 is 1.20 bits per heavy atom. The lowest BCUT2D eigenvalue weighted by atomic mass is 9.89. The molecule has 6 nitrogen and oxygen atoms in total. The number of allylic oxidation sites excluding steroid dienone is 3. The van der Waals surface area contributed by atoms with Gasteiger partial charge in [0.15, 0.2) is 0 Å². The van der Waals surface area contributed by atoms with E-state index in [0.717, 1.165) is 61.1 Å². The van der Waals surface area contributed by atoms with E-state index in [2.05, 4.69) is 11.3 Å². The number of hydrogen-bond acceptors (Lipinski definition) is 6. The molecular formula is C26H30FNO5S2. The summed E-state index contributed by atoms with van der Waals surface area (Å²) < 4.78 is 46.6. The monoisotopic (exact) mass is 519 g/mol. The summed E-state index contributed by atoms with van der Waals surface area (Å²) in [5.41, 5.74) is 0.458. The number of fused-ring (bicyclic) bond motifs is 1. The number of sulfonamides is 1. The van der Waals surface area contributed by atoms with E-state index in [0.29, 0.717) is 18.6 Å². The average Bonchev–Trinajstić information content (AvgIpc) is 3.63. The van der Waals surface area contributed by atoms with E-state index < -0.39 is 27.4 Å². The van der Waals surface area contributed by atoms with E-state index in [1.807, 2.05) is 0 Å². The summed E-state index contributed by atoms with van der Waals surface area (Å²) in [5.74, 6) is -0.156. The van der Waals surface area contributed by atoms with Gasteiger partial charge in [-0.1, -0.05) is 31.6 Å². The largest absolute Gasteiger partial charge is 0.507 e. The molecule has 0 spiro atoms. The Bertz CT molecular complexity index is 1260. The fourth-order valence-electron chi connectivity index (χ4n) is 4.58. The summed E-state index contributed by atoms with van der Waals surface area (Å²) in [6, 6.07) is 4.60. The molecule has 2 aliphatic rings. The first kappa shape index (κ1) is 25.7. The van der Waals surface area contributed by atoms with Crippen LogP contribution in [0.25, 0.3) is 0 Å². The molecule has 1 aromatic carbocycles. The van der Waals surface area contributed by atoms with E-state index in [1.54, 1.807) is 12.2 Å². The van der Waals surface area contributed by atoms with Crippen LogP contribution in [0.15, 0.2) is 62.0 Å². The Kier molecular flexibility index (Phi) is 8.19. The van der Waals surface area contributed by atoms with E-state index in [9.17, 15) is 22.7 Å². The van der Waals surface area contributed by atoms with Crippen molar-refractivity contribution in [3.8, 4) is 5.75 Å². The van der Waals surface area contributed by atoms with Crippen LogP contribution in [-0.2, 0) is 22.9 Å². The van der Waals surface area contributed by atoms with Gasteiger partial charge in [0.1, 0.15) is 17.3 Å². The van der Waals surface area contributed by atoms with Crippen molar-refractivity contribution in [2.45, 2.75) is 62.2 Å². The molecule has 1 heterocycles. The number of thioether (sulfide) groups is 1. The maximum absolute atomic E-state index is 13.2. The highest BCUT2D eigenvalue weighted by molar-refractivity contribution is 8.03. The molecule has 0 amide bonds. The van der Waals surface area contributed by atoms with Crippen LogP contribution in [-0.4, -0.2) is 19.4 Å². The second-order valence-corrected chi connectivity index (χ2v) is 11.8. The van der Waals surface area contributed by atoms with Gasteiger partial charge < -0.3 is 9.52 Å². The van der Waals surface area contributed by atoms with Crippen molar-refractivity contribution in [2.24, 2.45) is 5.92 Å². The zero-order valence-corrected chi connectivity index (χ0v) is 21.1. The minimum atomic E-state index is -3.84. The summed E-state index contributed by atoms with van der Waals surface area (Å²) in [7, 11) is -3.84.